The highest BCUT2D eigenvalue weighted by molar-refractivity contribution is 7.22. The summed E-state index contributed by atoms with van der Waals surface area (Å²) in [5, 5.41) is 11.9. The maximum atomic E-state index is 13.7. The molecule has 1 aliphatic heterocycles. The van der Waals surface area contributed by atoms with Crippen molar-refractivity contribution in [2.24, 2.45) is 0 Å². The lowest BCUT2D eigenvalue weighted by Gasteiger charge is -2.24. The Morgan fingerprint density at radius 3 is 2.49 bits per heavy atom. The summed E-state index contributed by atoms with van der Waals surface area (Å²) in [5.74, 6) is -0.503. The Labute approximate surface area is 252 Å². The van der Waals surface area contributed by atoms with E-state index >= 15 is 0 Å². The molecule has 1 unspecified atom stereocenters. The lowest BCUT2D eigenvalue weighted by molar-refractivity contribution is -0.132. The Bertz CT molecular complexity index is 1880. The number of thiazole rings is 1. The second-order valence-electron chi connectivity index (χ2n) is 10.1. The molecule has 8 nitrogen and oxygen atoms in total. The van der Waals surface area contributed by atoms with Crippen LogP contribution in [-0.4, -0.2) is 36.0 Å². The molecule has 1 aromatic heterocycles. The molecule has 9 heteroatoms. The minimum atomic E-state index is -0.982. The highest BCUT2D eigenvalue weighted by Crippen LogP contribution is 2.46. The standard InChI is InChI=1S/C34H28N2O6S/c1-20-12-14-25-28(16-20)43-34(35-25)36-30(29(32(38)33(36)39)31(37)23-10-7-11-24(17-23)40-2)22-13-15-26(27(18-22)41-3)42-19-21-8-5-4-6-9-21/h4-18,30,37H,19H2,1-3H3/b31-29+. The summed E-state index contributed by atoms with van der Waals surface area (Å²) in [5.41, 5.74) is 3.58. The van der Waals surface area contributed by atoms with Gasteiger partial charge in [-0.3, -0.25) is 14.5 Å². The first-order valence-electron chi connectivity index (χ1n) is 13.5. The number of methoxy groups -OCH3 is 2. The number of aliphatic hydroxyl groups is 1. The molecule has 216 valence electrons. The zero-order chi connectivity index (χ0) is 30.1. The summed E-state index contributed by atoms with van der Waals surface area (Å²) in [7, 11) is 3.04. The van der Waals surface area contributed by atoms with E-state index in [2.05, 4.69) is 0 Å². The number of rotatable bonds is 8. The van der Waals surface area contributed by atoms with Crippen LogP contribution in [0.3, 0.4) is 0 Å². The van der Waals surface area contributed by atoms with Gasteiger partial charge < -0.3 is 19.3 Å². The van der Waals surface area contributed by atoms with Crippen LogP contribution in [0.5, 0.6) is 17.2 Å². The Hall–Kier alpha value is -5.15. The van der Waals surface area contributed by atoms with Gasteiger partial charge in [0.25, 0.3) is 5.78 Å². The quantitative estimate of drug-likeness (QED) is 0.120. The number of hydrogen-bond acceptors (Lipinski definition) is 8. The van der Waals surface area contributed by atoms with Gasteiger partial charge in [0.2, 0.25) is 0 Å². The predicted octanol–water partition coefficient (Wildman–Crippen LogP) is 6.83. The van der Waals surface area contributed by atoms with E-state index in [0.717, 1.165) is 15.8 Å². The molecule has 0 saturated carbocycles. The second-order valence-corrected chi connectivity index (χ2v) is 11.1. The maximum absolute atomic E-state index is 13.7. The molecular weight excluding hydrogens is 564 g/mol. The molecule has 6 rings (SSSR count). The fraction of sp³-hybridized carbons (Fsp3) is 0.147. The Kier molecular flexibility index (Phi) is 7.56. The summed E-state index contributed by atoms with van der Waals surface area (Å²) in [4.78, 5) is 33.4. The molecule has 1 atom stereocenters. The number of amides is 1. The molecule has 0 aliphatic carbocycles. The number of fused-ring (bicyclic) bond motifs is 1. The lowest BCUT2D eigenvalue weighted by Crippen LogP contribution is -2.29. The number of Topliss-reactive ketones (excluding diaryl/α,β-unsaturated/α-hetero) is 1. The Morgan fingerprint density at radius 1 is 0.907 bits per heavy atom. The van der Waals surface area contributed by atoms with Crippen LogP contribution in [0.2, 0.25) is 0 Å². The number of benzene rings is 4. The minimum Gasteiger partial charge on any atom is -0.507 e. The average molecular weight is 593 g/mol. The average Bonchev–Trinajstić information content (AvgIpc) is 3.57. The van der Waals surface area contributed by atoms with Crippen molar-refractivity contribution < 1.29 is 28.9 Å². The molecule has 1 saturated heterocycles. The van der Waals surface area contributed by atoms with Gasteiger partial charge in [-0.2, -0.15) is 0 Å². The third-order valence-electron chi connectivity index (χ3n) is 7.27. The molecule has 1 fully saturated rings. The van der Waals surface area contributed by atoms with Crippen LogP contribution >= 0.6 is 11.3 Å². The first-order chi connectivity index (χ1) is 20.9. The molecule has 0 bridgehead atoms. The normalized spacial score (nSPS) is 16.1. The van der Waals surface area contributed by atoms with Crippen LogP contribution in [0.1, 0.15) is 28.3 Å². The van der Waals surface area contributed by atoms with E-state index in [1.54, 1.807) is 42.5 Å². The van der Waals surface area contributed by atoms with Crippen LogP contribution in [0.4, 0.5) is 5.13 Å². The number of ketones is 1. The summed E-state index contributed by atoms with van der Waals surface area (Å²) in [6.07, 6.45) is 0. The predicted molar refractivity (Wildman–Crippen MR) is 166 cm³/mol. The van der Waals surface area contributed by atoms with E-state index in [1.807, 2.05) is 55.5 Å². The maximum Gasteiger partial charge on any atom is 0.301 e. The van der Waals surface area contributed by atoms with Crippen LogP contribution in [0.25, 0.3) is 16.0 Å². The first-order valence-corrected chi connectivity index (χ1v) is 14.4. The fourth-order valence-corrected chi connectivity index (χ4v) is 6.19. The number of carbonyl (C=O) groups excluding carboxylic acids is 2. The van der Waals surface area contributed by atoms with E-state index in [-0.39, 0.29) is 11.3 Å². The van der Waals surface area contributed by atoms with Crippen LogP contribution < -0.4 is 19.1 Å². The van der Waals surface area contributed by atoms with Crippen molar-refractivity contribution in [2.45, 2.75) is 19.6 Å². The molecule has 5 aromatic rings. The third kappa shape index (κ3) is 5.30. The molecule has 2 heterocycles. The first kappa shape index (κ1) is 28.0. The van der Waals surface area contributed by atoms with Crippen molar-refractivity contribution in [1.29, 1.82) is 0 Å². The number of aromatic nitrogens is 1. The Balaban J connectivity index is 1.48. The molecule has 0 spiro atoms. The van der Waals surface area contributed by atoms with Gasteiger partial charge in [-0.05, 0) is 60.0 Å². The van der Waals surface area contributed by atoms with Gasteiger partial charge in [-0.25, -0.2) is 4.98 Å². The molecule has 1 N–H and O–H groups in total. The number of aliphatic hydroxyl groups excluding tert-OH is 1. The number of nitrogens with zero attached hydrogens (tertiary/aromatic N) is 2. The zero-order valence-electron chi connectivity index (χ0n) is 23.7. The number of hydrogen-bond donors (Lipinski definition) is 1. The molecule has 1 aliphatic rings. The highest BCUT2D eigenvalue weighted by atomic mass is 32.1. The van der Waals surface area contributed by atoms with Gasteiger partial charge in [-0.1, -0.05) is 65.9 Å². The van der Waals surface area contributed by atoms with Crippen molar-refractivity contribution in [1.82, 2.24) is 4.98 Å². The monoisotopic (exact) mass is 592 g/mol. The molecule has 43 heavy (non-hydrogen) atoms. The van der Waals surface area contributed by atoms with Gasteiger partial charge >= 0.3 is 5.91 Å². The smallest absolute Gasteiger partial charge is 0.301 e. The van der Waals surface area contributed by atoms with Crippen molar-refractivity contribution in [2.75, 3.05) is 19.1 Å². The number of aryl methyl sites for hydroxylation is 1. The molecular formula is C34H28N2O6S. The summed E-state index contributed by atoms with van der Waals surface area (Å²) in [6, 6.07) is 26.5. The fourth-order valence-electron chi connectivity index (χ4n) is 5.10. The lowest BCUT2D eigenvalue weighted by atomic mass is 9.95. The van der Waals surface area contributed by atoms with Crippen LogP contribution in [0.15, 0.2) is 96.6 Å². The Morgan fingerprint density at radius 2 is 1.72 bits per heavy atom. The van der Waals surface area contributed by atoms with Crippen molar-refractivity contribution in [3.8, 4) is 17.2 Å². The van der Waals surface area contributed by atoms with Gasteiger partial charge in [-0.15, -0.1) is 0 Å². The van der Waals surface area contributed by atoms with Crippen molar-refractivity contribution in [3.63, 3.8) is 0 Å². The molecule has 4 aromatic carbocycles. The largest absolute Gasteiger partial charge is 0.507 e. The van der Waals surface area contributed by atoms with Crippen LogP contribution in [0, 0.1) is 6.92 Å². The van der Waals surface area contributed by atoms with E-state index in [9.17, 15) is 14.7 Å². The zero-order valence-corrected chi connectivity index (χ0v) is 24.6. The third-order valence-corrected chi connectivity index (χ3v) is 8.28. The second kappa shape index (κ2) is 11.6. The molecule has 1 amide bonds. The van der Waals surface area contributed by atoms with Gasteiger partial charge in [0.05, 0.1) is 36.1 Å². The van der Waals surface area contributed by atoms with Gasteiger partial charge in [0.1, 0.15) is 18.1 Å². The SMILES string of the molecule is COc1cccc(/C(O)=C2\C(=O)C(=O)N(c3nc4ccc(C)cc4s3)C2c2ccc(OCc3ccccc3)c(OC)c2)c1. The number of anilines is 1. The summed E-state index contributed by atoms with van der Waals surface area (Å²) in [6.45, 7) is 2.31. The van der Waals surface area contributed by atoms with E-state index in [4.69, 9.17) is 19.2 Å². The van der Waals surface area contributed by atoms with E-state index in [1.165, 1.54) is 30.5 Å². The topological polar surface area (TPSA) is 98.2 Å². The van der Waals surface area contributed by atoms with Crippen molar-refractivity contribution >= 4 is 44.1 Å². The minimum absolute atomic E-state index is 0.0614. The summed E-state index contributed by atoms with van der Waals surface area (Å²) < 4.78 is 17.9. The van der Waals surface area contributed by atoms with Crippen LogP contribution in [-0.2, 0) is 16.2 Å². The highest BCUT2D eigenvalue weighted by Gasteiger charge is 2.48. The summed E-state index contributed by atoms with van der Waals surface area (Å²) >= 11 is 1.31. The van der Waals surface area contributed by atoms with Gasteiger partial charge in [0, 0.05) is 5.56 Å². The number of ether oxygens (including phenoxy) is 3. The van der Waals surface area contributed by atoms with Gasteiger partial charge in [0.15, 0.2) is 16.6 Å². The van der Waals surface area contributed by atoms with Crippen molar-refractivity contribution in [3.05, 3.63) is 119 Å². The molecule has 0 radical (unpaired) electrons. The van der Waals surface area contributed by atoms with E-state index < -0.39 is 17.7 Å². The van der Waals surface area contributed by atoms with E-state index in [0.29, 0.717) is 45.6 Å². The number of carbonyl (C=O) groups is 2.